The van der Waals surface area contributed by atoms with Crippen LogP contribution in [0.5, 0.6) is 5.75 Å². The van der Waals surface area contributed by atoms with E-state index in [1.54, 1.807) is 24.3 Å². The summed E-state index contributed by atoms with van der Waals surface area (Å²) >= 11 is 0. The summed E-state index contributed by atoms with van der Waals surface area (Å²) in [6.07, 6.45) is 0.674. The van der Waals surface area contributed by atoms with Gasteiger partial charge in [0.25, 0.3) is 0 Å². The highest BCUT2D eigenvalue weighted by Gasteiger charge is 2.26. The van der Waals surface area contributed by atoms with Crippen molar-refractivity contribution in [2.24, 2.45) is 17.2 Å². The Kier molecular flexibility index (Phi) is 12.5. The van der Waals surface area contributed by atoms with Crippen molar-refractivity contribution in [3.8, 4) is 5.75 Å². The quantitative estimate of drug-likeness (QED) is 0.237. The first-order valence-electron chi connectivity index (χ1n) is 12.6. The zero-order valence-electron chi connectivity index (χ0n) is 21.7. The van der Waals surface area contributed by atoms with Gasteiger partial charge in [-0.05, 0) is 44.4 Å². The summed E-state index contributed by atoms with van der Waals surface area (Å²) in [5.41, 5.74) is 18.8. The molecule has 0 spiro atoms. The molecule has 0 radical (unpaired) electrons. The molecule has 8 N–H and O–H groups in total. The number of carbonyl (C=O) groups is 3. The van der Waals surface area contributed by atoms with E-state index in [0.717, 1.165) is 5.56 Å². The Morgan fingerprint density at radius 2 is 1.62 bits per heavy atom. The largest absolute Gasteiger partial charge is 0.491 e. The van der Waals surface area contributed by atoms with Crippen LogP contribution in [0.3, 0.4) is 0 Å². The van der Waals surface area contributed by atoms with Gasteiger partial charge in [0.05, 0.1) is 18.6 Å². The van der Waals surface area contributed by atoms with Gasteiger partial charge in [-0.2, -0.15) is 0 Å². The van der Waals surface area contributed by atoms with Crippen molar-refractivity contribution in [3.05, 3.63) is 60.2 Å². The highest BCUT2D eigenvalue weighted by atomic mass is 16.5. The lowest BCUT2D eigenvalue weighted by Gasteiger charge is -2.24. The molecule has 2 rings (SSSR count). The maximum Gasteiger partial charge on any atom is 0.246 e. The number of nitrogens with one attached hydrogen (secondary N) is 2. The Bertz CT molecular complexity index is 995. The van der Waals surface area contributed by atoms with E-state index in [4.69, 9.17) is 21.9 Å². The number of anilines is 1. The van der Waals surface area contributed by atoms with Crippen molar-refractivity contribution in [1.82, 2.24) is 10.2 Å². The molecule has 10 heteroatoms. The molecule has 2 unspecified atom stereocenters. The van der Waals surface area contributed by atoms with E-state index in [1.807, 2.05) is 44.2 Å². The van der Waals surface area contributed by atoms with Crippen molar-refractivity contribution in [3.63, 3.8) is 0 Å². The van der Waals surface area contributed by atoms with Crippen LogP contribution in [-0.2, 0) is 20.8 Å². The second-order valence-electron chi connectivity index (χ2n) is 9.04. The maximum atomic E-state index is 13.2. The average Bonchev–Trinajstić information content (AvgIpc) is 2.86. The Hall–Kier alpha value is -3.47. The zero-order valence-corrected chi connectivity index (χ0v) is 21.7. The van der Waals surface area contributed by atoms with E-state index in [0.29, 0.717) is 37.4 Å². The minimum absolute atomic E-state index is 0.0151. The molecule has 0 aliphatic rings. The van der Waals surface area contributed by atoms with Crippen LogP contribution >= 0.6 is 0 Å². The molecule has 10 nitrogen and oxygen atoms in total. The first-order chi connectivity index (χ1) is 17.7. The van der Waals surface area contributed by atoms with Crippen LogP contribution in [0.4, 0.5) is 5.69 Å². The van der Waals surface area contributed by atoms with Crippen molar-refractivity contribution in [2.75, 3.05) is 31.5 Å². The highest BCUT2D eigenvalue weighted by Crippen LogP contribution is 2.19. The van der Waals surface area contributed by atoms with Gasteiger partial charge < -0.3 is 37.5 Å². The third kappa shape index (κ3) is 10.6. The molecule has 202 valence electrons. The Morgan fingerprint density at radius 1 is 0.946 bits per heavy atom. The van der Waals surface area contributed by atoms with E-state index < -0.39 is 23.9 Å². The van der Waals surface area contributed by atoms with Gasteiger partial charge in [-0.15, -0.1) is 0 Å². The summed E-state index contributed by atoms with van der Waals surface area (Å²) in [5, 5.41) is 5.59. The molecule has 0 fully saturated rings. The minimum Gasteiger partial charge on any atom is -0.491 e. The average molecular weight is 513 g/mol. The van der Waals surface area contributed by atoms with Crippen LogP contribution in [-0.4, -0.2) is 67.0 Å². The molecule has 0 heterocycles. The Morgan fingerprint density at radius 3 is 2.24 bits per heavy atom. The van der Waals surface area contributed by atoms with Crippen molar-refractivity contribution in [2.45, 2.75) is 51.3 Å². The SMILES string of the molecule is CC(C)Oc1cccc(NC(=O)C(CCc2ccccc2)NC(=O)C(N)CC(=O)N(CCN)CCN)c1. The number of nitrogens with zero attached hydrogens (tertiary/aromatic N) is 1. The summed E-state index contributed by atoms with van der Waals surface area (Å²) in [7, 11) is 0. The minimum atomic E-state index is -1.12. The monoisotopic (exact) mass is 512 g/mol. The number of amides is 3. The second kappa shape index (κ2) is 15.6. The lowest BCUT2D eigenvalue weighted by atomic mass is 10.0. The number of rotatable bonds is 15. The van der Waals surface area contributed by atoms with Crippen LogP contribution in [0.2, 0.25) is 0 Å². The standard InChI is InChI=1S/C27H40N6O4/c1-19(2)37-22-10-6-9-21(17-22)31-27(36)24(12-11-20-7-4-3-5-8-20)32-26(35)23(30)18-25(34)33(15-13-28)16-14-29/h3-10,17,19,23-24H,11-16,18,28-30H2,1-2H3,(H,31,36)(H,32,35). The summed E-state index contributed by atoms with van der Waals surface area (Å²) in [4.78, 5) is 40.2. The molecule has 0 bridgehead atoms. The third-order valence-electron chi connectivity index (χ3n) is 5.55. The van der Waals surface area contributed by atoms with E-state index in [-0.39, 0.29) is 31.5 Å². The van der Waals surface area contributed by atoms with Gasteiger partial charge in [-0.1, -0.05) is 36.4 Å². The van der Waals surface area contributed by atoms with Crippen LogP contribution in [0.1, 0.15) is 32.3 Å². The normalized spacial score (nSPS) is 12.5. The molecule has 2 aromatic carbocycles. The fraction of sp³-hybridized carbons (Fsp3) is 0.444. The van der Waals surface area contributed by atoms with Gasteiger partial charge in [0.2, 0.25) is 17.7 Å². The summed E-state index contributed by atoms with van der Waals surface area (Å²) < 4.78 is 5.70. The molecule has 37 heavy (non-hydrogen) atoms. The van der Waals surface area contributed by atoms with E-state index in [2.05, 4.69) is 10.6 Å². The Labute approximate surface area is 218 Å². The van der Waals surface area contributed by atoms with Gasteiger partial charge in [-0.25, -0.2) is 0 Å². The van der Waals surface area contributed by atoms with Gasteiger partial charge in [0.15, 0.2) is 0 Å². The molecular formula is C27H40N6O4. The first kappa shape index (κ1) is 29.8. The van der Waals surface area contributed by atoms with Crippen LogP contribution in [0.25, 0.3) is 0 Å². The number of aryl methyl sites for hydroxylation is 1. The van der Waals surface area contributed by atoms with Crippen molar-refractivity contribution in [1.29, 1.82) is 0 Å². The second-order valence-corrected chi connectivity index (χ2v) is 9.04. The summed E-state index contributed by atoms with van der Waals surface area (Å²) in [6.45, 7) is 5.04. The first-order valence-corrected chi connectivity index (χ1v) is 12.6. The van der Waals surface area contributed by atoms with E-state index in [9.17, 15) is 14.4 Å². The van der Waals surface area contributed by atoms with Gasteiger partial charge in [0, 0.05) is 37.9 Å². The van der Waals surface area contributed by atoms with Crippen molar-refractivity contribution >= 4 is 23.4 Å². The number of ether oxygens (including phenoxy) is 1. The number of benzene rings is 2. The van der Waals surface area contributed by atoms with Crippen LogP contribution in [0.15, 0.2) is 54.6 Å². The highest BCUT2D eigenvalue weighted by molar-refractivity contribution is 5.98. The van der Waals surface area contributed by atoms with Crippen LogP contribution < -0.4 is 32.6 Å². The van der Waals surface area contributed by atoms with E-state index >= 15 is 0 Å². The predicted molar refractivity (Wildman–Crippen MR) is 145 cm³/mol. The molecule has 0 aromatic heterocycles. The van der Waals surface area contributed by atoms with E-state index in [1.165, 1.54) is 4.90 Å². The summed E-state index contributed by atoms with van der Waals surface area (Å²) in [5.74, 6) is -0.667. The van der Waals surface area contributed by atoms with Crippen LogP contribution in [0, 0.1) is 0 Å². The molecule has 0 saturated carbocycles. The molecule has 0 saturated heterocycles. The smallest absolute Gasteiger partial charge is 0.246 e. The molecule has 2 atom stereocenters. The fourth-order valence-corrected chi connectivity index (χ4v) is 3.73. The zero-order chi connectivity index (χ0) is 27.2. The van der Waals surface area contributed by atoms with Gasteiger partial charge >= 0.3 is 0 Å². The maximum absolute atomic E-state index is 13.2. The lowest BCUT2D eigenvalue weighted by molar-refractivity contribution is -0.134. The topological polar surface area (TPSA) is 166 Å². The molecule has 2 aromatic rings. The van der Waals surface area contributed by atoms with Gasteiger partial charge in [0.1, 0.15) is 11.8 Å². The third-order valence-corrected chi connectivity index (χ3v) is 5.55. The number of carbonyl (C=O) groups excluding carboxylic acids is 3. The number of hydrogen-bond acceptors (Lipinski definition) is 7. The molecule has 3 amide bonds. The Balaban J connectivity index is 2.10. The fourth-order valence-electron chi connectivity index (χ4n) is 3.73. The van der Waals surface area contributed by atoms with Crippen molar-refractivity contribution < 1.29 is 19.1 Å². The predicted octanol–water partition coefficient (Wildman–Crippen LogP) is 0.993. The number of hydrogen-bond donors (Lipinski definition) is 5. The summed E-state index contributed by atoms with van der Waals surface area (Å²) in [6, 6.07) is 14.7. The number of nitrogens with two attached hydrogens (primary N) is 3. The molecule has 0 aliphatic heterocycles. The lowest BCUT2D eigenvalue weighted by Crippen LogP contribution is -2.52. The molecular weight excluding hydrogens is 472 g/mol. The van der Waals surface area contributed by atoms with Gasteiger partial charge in [-0.3, -0.25) is 14.4 Å². The molecule has 0 aliphatic carbocycles.